The Morgan fingerprint density at radius 1 is 1.04 bits per heavy atom. The van der Waals surface area contributed by atoms with E-state index in [1.807, 2.05) is 0 Å². The summed E-state index contributed by atoms with van der Waals surface area (Å²) in [5.74, 6) is -1.43. The molecule has 2 heterocycles. The number of benzene rings is 2. The van der Waals surface area contributed by atoms with Crippen molar-refractivity contribution >= 4 is 22.7 Å². The third-order valence-electron chi connectivity index (χ3n) is 4.37. The van der Waals surface area contributed by atoms with Gasteiger partial charge in [0.2, 0.25) is 0 Å². The van der Waals surface area contributed by atoms with Crippen LogP contribution in [0.2, 0.25) is 0 Å². The summed E-state index contributed by atoms with van der Waals surface area (Å²) in [5.41, 5.74) is 2.74. The lowest BCUT2D eigenvalue weighted by molar-refractivity contribution is 0.102. The minimum Gasteiger partial charge on any atom is -0.335 e. The van der Waals surface area contributed by atoms with Gasteiger partial charge < -0.3 is 9.84 Å². The molecular weight excluding hydrogens is 364 g/mol. The monoisotopic (exact) mass is 379 g/mol. The SMILES string of the molecule is Cc1ccc(NC(=O)c2cc(-c3ccc(F)cc3)nc3onc(C)c23)c(F)c1. The average Bonchev–Trinajstić information content (AvgIpc) is 3.05. The molecule has 1 N–H and O–H groups in total. The number of nitrogens with one attached hydrogen (secondary N) is 1. The highest BCUT2D eigenvalue weighted by Crippen LogP contribution is 2.28. The normalized spacial score (nSPS) is 11.0. The highest BCUT2D eigenvalue weighted by Gasteiger charge is 2.20. The summed E-state index contributed by atoms with van der Waals surface area (Å²) in [6, 6.07) is 11.8. The van der Waals surface area contributed by atoms with Crippen molar-refractivity contribution in [3.8, 4) is 11.3 Å². The Morgan fingerprint density at radius 3 is 2.50 bits per heavy atom. The van der Waals surface area contributed by atoms with Crippen LogP contribution in [-0.4, -0.2) is 16.0 Å². The zero-order chi connectivity index (χ0) is 19.8. The summed E-state index contributed by atoms with van der Waals surface area (Å²) >= 11 is 0. The number of rotatable bonds is 3. The Labute approximate surface area is 159 Å². The number of anilines is 1. The van der Waals surface area contributed by atoms with Crippen LogP contribution in [-0.2, 0) is 0 Å². The number of amides is 1. The van der Waals surface area contributed by atoms with E-state index in [0.29, 0.717) is 22.3 Å². The Balaban J connectivity index is 1.81. The first-order chi connectivity index (χ1) is 13.4. The summed E-state index contributed by atoms with van der Waals surface area (Å²) in [6.07, 6.45) is 0. The van der Waals surface area contributed by atoms with Crippen molar-refractivity contribution in [3.05, 3.63) is 77.0 Å². The first-order valence-electron chi connectivity index (χ1n) is 8.53. The fraction of sp³-hybridized carbons (Fsp3) is 0.0952. The molecule has 5 nitrogen and oxygen atoms in total. The molecule has 4 rings (SSSR count). The molecule has 2 aromatic heterocycles. The van der Waals surface area contributed by atoms with Crippen LogP contribution in [0.4, 0.5) is 14.5 Å². The van der Waals surface area contributed by atoms with Crippen molar-refractivity contribution in [1.82, 2.24) is 10.1 Å². The van der Waals surface area contributed by atoms with Crippen molar-refractivity contribution < 1.29 is 18.1 Å². The summed E-state index contributed by atoms with van der Waals surface area (Å²) in [4.78, 5) is 17.3. The van der Waals surface area contributed by atoms with Crippen molar-refractivity contribution in [2.75, 3.05) is 5.32 Å². The predicted molar refractivity (Wildman–Crippen MR) is 101 cm³/mol. The van der Waals surface area contributed by atoms with E-state index in [4.69, 9.17) is 4.52 Å². The Kier molecular flexibility index (Phi) is 4.35. The molecule has 0 aliphatic rings. The Bertz CT molecular complexity index is 1200. The summed E-state index contributed by atoms with van der Waals surface area (Å²) in [7, 11) is 0. The number of nitrogens with zero attached hydrogens (tertiary/aromatic N) is 2. The first kappa shape index (κ1) is 17.8. The van der Waals surface area contributed by atoms with E-state index in [-0.39, 0.29) is 22.8 Å². The van der Waals surface area contributed by atoms with Crippen LogP contribution in [0.15, 0.2) is 53.1 Å². The standard InChI is InChI=1S/C21H15F2N3O2/c1-11-3-8-17(16(23)9-11)24-20(27)15-10-18(13-4-6-14(22)7-5-13)25-21-19(15)12(2)26-28-21/h3-10H,1-2H3,(H,24,27). The van der Waals surface area contributed by atoms with E-state index >= 15 is 0 Å². The van der Waals surface area contributed by atoms with Crippen molar-refractivity contribution in [3.63, 3.8) is 0 Å². The molecule has 0 bridgehead atoms. The fourth-order valence-corrected chi connectivity index (χ4v) is 2.95. The smallest absolute Gasteiger partial charge is 0.259 e. The molecule has 2 aromatic carbocycles. The molecule has 4 aromatic rings. The lowest BCUT2D eigenvalue weighted by Crippen LogP contribution is -2.14. The number of fused-ring (bicyclic) bond motifs is 1. The third kappa shape index (κ3) is 3.22. The molecule has 1 amide bonds. The first-order valence-corrected chi connectivity index (χ1v) is 8.53. The molecule has 0 spiro atoms. The lowest BCUT2D eigenvalue weighted by Gasteiger charge is -2.09. The van der Waals surface area contributed by atoms with Gasteiger partial charge in [-0.15, -0.1) is 0 Å². The zero-order valence-electron chi connectivity index (χ0n) is 15.1. The summed E-state index contributed by atoms with van der Waals surface area (Å²) in [5, 5.41) is 6.89. The predicted octanol–water partition coefficient (Wildman–Crippen LogP) is 5.04. The molecule has 0 saturated heterocycles. The van der Waals surface area contributed by atoms with Gasteiger partial charge in [0, 0.05) is 5.56 Å². The summed E-state index contributed by atoms with van der Waals surface area (Å²) < 4.78 is 32.6. The van der Waals surface area contributed by atoms with Gasteiger partial charge in [0.05, 0.1) is 28.0 Å². The van der Waals surface area contributed by atoms with Crippen LogP contribution >= 0.6 is 0 Å². The van der Waals surface area contributed by atoms with Crippen LogP contribution in [0, 0.1) is 25.5 Å². The van der Waals surface area contributed by atoms with E-state index in [0.717, 1.165) is 5.56 Å². The van der Waals surface area contributed by atoms with Crippen LogP contribution in [0.5, 0.6) is 0 Å². The van der Waals surface area contributed by atoms with Gasteiger partial charge in [0.15, 0.2) is 0 Å². The molecule has 0 fully saturated rings. The Morgan fingerprint density at radius 2 is 1.79 bits per heavy atom. The molecule has 0 atom stereocenters. The topological polar surface area (TPSA) is 68.0 Å². The van der Waals surface area contributed by atoms with Gasteiger partial charge in [0.1, 0.15) is 11.6 Å². The maximum absolute atomic E-state index is 14.1. The minimum atomic E-state index is -0.528. The zero-order valence-corrected chi connectivity index (χ0v) is 15.1. The quantitative estimate of drug-likeness (QED) is 0.542. The van der Waals surface area contributed by atoms with Crippen LogP contribution in [0.1, 0.15) is 21.6 Å². The van der Waals surface area contributed by atoms with Gasteiger partial charge in [-0.1, -0.05) is 11.2 Å². The number of hydrogen-bond acceptors (Lipinski definition) is 4. The molecule has 0 aliphatic heterocycles. The molecule has 28 heavy (non-hydrogen) atoms. The van der Waals surface area contributed by atoms with Crippen LogP contribution in [0.3, 0.4) is 0 Å². The van der Waals surface area contributed by atoms with Crippen molar-refractivity contribution in [2.45, 2.75) is 13.8 Å². The molecule has 140 valence electrons. The fourth-order valence-electron chi connectivity index (χ4n) is 2.95. The second kappa shape index (κ2) is 6.84. The number of aryl methyl sites for hydroxylation is 2. The second-order valence-corrected chi connectivity index (χ2v) is 6.45. The van der Waals surface area contributed by atoms with Gasteiger partial charge in [-0.2, -0.15) is 0 Å². The van der Waals surface area contributed by atoms with Gasteiger partial charge in [-0.05, 0) is 61.9 Å². The van der Waals surface area contributed by atoms with Gasteiger partial charge in [-0.3, -0.25) is 4.79 Å². The maximum Gasteiger partial charge on any atom is 0.259 e. The molecule has 0 unspecified atom stereocenters. The number of halogens is 2. The number of aromatic nitrogens is 2. The number of hydrogen-bond donors (Lipinski definition) is 1. The van der Waals surface area contributed by atoms with E-state index in [2.05, 4.69) is 15.5 Å². The van der Waals surface area contributed by atoms with Gasteiger partial charge in [0.25, 0.3) is 11.6 Å². The highest BCUT2D eigenvalue weighted by atomic mass is 19.1. The van der Waals surface area contributed by atoms with E-state index < -0.39 is 11.7 Å². The largest absolute Gasteiger partial charge is 0.335 e. The molecular formula is C21H15F2N3O2. The number of pyridine rings is 1. The Hall–Kier alpha value is -3.61. The number of carbonyl (C=O) groups excluding carboxylic acids is 1. The minimum absolute atomic E-state index is 0.0676. The third-order valence-corrected chi connectivity index (χ3v) is 4.37. The number of carbonyl (C=O) groups is 1. The van der Waals surface area contributed by atoms with Crippen LogP contribution < -0.4 is 5.32 Å². The van der Waals surface area contributed by atoms with E-state index in [1.54, 1.807) is 38.1 Å². The van der Waals surface area contributed by atoms with Gasteiger partial charge in [-0.25, -0.2) is 13.8 Å². The average molecular weight is 379 g/mol. The van der Waals surface area contributed by atoms with E-state index in [1.165, 1.54) is 24.3 Å². The summed E-state index contributed by atoms with van der Waals surface area (Å²) in [6.45, 7) is 3.45. The maximum atomic E-state index is 14.1. The van der Waals surface area contributed by atoms with Crippen molar-refractivity contribution in [2.24, 2.45) is 0 Å². The van der Waals surface area contributed by atoms with E-state index in [9.17, 15) is 13.6 Å². The highest BCUT2D eigenvalue weighted by molar-refractivity contribution is 6.13. The van der Waals surface area contributed by atoms with Crippen LogP contribution in [0.25, 0.3) is 22.4 Å². The lowest BCUT2D eigenvalue weighted by atomic mass is 10.0. The molecule has 0 saturated carbocycles. The molecule has 0 aliphatic carbocycles. The molecule has 0 radical (unpaired) electrons. The van der Waals surface area contributed by atoms with Gasteiger partial charge >= 0.3 is 0 Å². The molecule has 7 heteroatoms. The van der Waals surface area contributed by atoms with Crippen molar-refractivity contribution in [1.29, 1.82) is 0 Å². The second-order valence-electron chi connectivity index (χ2n) is 6.45.